The second-order valence-corrected chi connectivity index (χ2v) is 6.53. The normalized spacial score (nSPS) is 11.2. The molecule has 0 bridgehead atoms. The van der Waals surface area contributed by atoms with Gasteiger partial charge in [0, 0.05) is 45.1 Å². The minimum Gasteiger partial charge on any atom is -0.378 e. The monoisotopic (exact) mass is 407 g/mol. The maximum atomic E-state index is 11.1. The summed E-state index contributed by atoms with van der Waals surface area (Å²) in [6, 6.07) is 16.7. The second-order valence-electron chi connectivity index (χ2n) is 6.53. The van der Waals surface area contributed by atoms with Gasteiger partial charge in [0.25, 0.3) is 5.69 Å². The highest BCUT2D eigenvalue weighted by Crippen LogP contribution is 2.22. The fourth-order valence-corrected chi connectivity index (χ4v) is 3.01. The molecule has 2 aromatic carbocycles. The van der Waals surface area contributed by atoms with E-state index in [0.717, 1.165) is 5.56 Å². The molecular weight excluding hydrogens is 382 g/mol. The number of anilines is 1. The van der Waals surface area contributed by atoms with Gasteiger partial charge in [-0.2, -0.15) is 5.10 Å². The molecule has 0 unspecified atom stereocenters. The Balaban J connectivity index is 1.49. The molecule has 0 spiro atoms. The quantitative estimate of drug-likeness (QED) is 0.165. The van der Waals surface area contributed by atoms with Crippen molar-refractivity contribution in [3.63, 3.8) is 0 Å². The van der Waals surface area contributed by atoms with E-state index in [4.69, 9.17) is 0 Å². The number of aliphatic imine (C=N–C) groups is 1. The Morgan fingerprint density at radius 1 is 1.07 bits per heavy atom. The molecule has 156 valence electrons. The second kappa shape index (κ2) is 10.6. The van der Waals surface area contributed by atoms with E-state index in [1.807, 2.05) is 29.1 Å². The molecule has 1 aromatic heterocycles. The predicted molar refractivity (Wildman–Crippen MR) is 118 cm³/mol. The van der Waals surface area contributed by atoms with Gasteiger partial charge in [0.1, 0.15) is 5.69 Å². The van der Waals surface area contributed by atoms with Gasteiger partial charge in [0.2, 0.25) is 0 Å². The molecule has 9 nitrogen and oxygen atoms in total. The van der Waals surface area contributed by atoms with Crippen LogP contribution in [0.25, 0.3) is 0 Å². The molecule has 1 heterocycles. The highest BCUT2D eigenvalue weighted by atomic mass is 16.6. The third-order valence-corrected chi connectivity index (χ3v) is 4.51. The minimum absolute atomic E-state index is 0.0637. The Morgan fingerprint density at radius 2 is 1.83 bits per heavy atom. The van der Waals surface area contributed by atoms with E-state index in [-0.39, 0.29) is 5.69 Å². The van der Waals surface area contributed by atoms with E-state index in [1.54, 1.807) is 31.4 Å². The van der Waals surface area contributed by atoms with Gasteiger partial charge in [0.05, 0.1) is 11.5 Å². The summed E-state index contributed by atoms with van der Waals surface area (Å²) < 4.78 is 1.89. The summed E-state index contributed by atoms with van der Waals surface area (Å²) in [5.41, 5.74) is 2.91. The zero-order valence-corrected chi connectivity index (χ0v) is 16.8. The lowest BCUT2D eigenvalue weighted by molar-refractivity contribution is -0.384. The number of hydrogen-bond donors (Lipinski definition) is 3. The van der Waals surface area contributed by atoms with Crippen LogP contribution in [0.4, 0.5) is 11.4 Å². The van der Waals surface area contributed by atoms with Gasteiger partial charge in [0.15, 0.2) is 5.96 Å². The SMILES string of the molecule is CN=C(NCCNc1ccccc1[N+](=O)[O-])NCc1ccccc1Cn1cccn1. The molecule has 3 rings (SSSR count). The molecule has 3 N–H and O–H groups in total. The molecule has 0 radical (unpaired) electrons. The number of nitrogens with zero attached hydrogens (tertiary/aromatic N) is 4. The molecule has 30 heavy (non-hydrogen) atoms. The third kappa shape index (κ3) is 5.81. The first kappa shape index (κ1) is 20.8. The highest BCUT2D eigenvalue weighted by Gasteiger charge is 2.11. The van der Waals surface area contributed by atoms with E-state index in [1.165, 1.54) is 11.6 Å². The number of nitro groups is 1. The molecule has 9 heteroatoms. The first-order chi connectivity index (χ1) is 14.7. The van der Waals surface area contributed by atoms with Crippen molar-refractivity contribution in [3.8, 4) is 0 Å². The van der Waals surface area contributed by atoms with Crippen molar-refractivity contribution in [1.82, 2.24) is 20.4 Å². The molecule has 0 aliphatic heterocycles. The van der Waals surface area contributed by atoms with Gasteiger partial charge < -0.3 is 16.0 Å². The number of nitrogens with one attached hydrogen (secondary N) is 3. The summed E-state index contributed by atoms with van der Waals surface area (Å²) in [6.07, 6.45) is 3.71. The maximum Gasteiger partial charge on any atom is 0.292 e. The number of benzene rings is 2. The maximum absolute atomic E-state index is 11.1. The summed E-state index contributed by atoms with van der Waals surface area (Å²) >= 11 is 0. The lowest BCUT2D eigenvalue weighted by atomic mass is 10.1. The summed E-state index contributed by atoms with van der Waals surface area (Å²) in [6.45, 7) is 2.40. The lowest BCUT2D eigenvalue weighted by Crippen LogP contribution is -2.39. The van der Waals surface area contributed by atoms with Crippen LogP contribution < -0.4 is 16.0 Å². The van der Waals surface area contributed by atoms with Crippen LogP contribution in [-0.4, -0.2) is 40.8 Å². The van der Waals surface area contributed by atoms with Gasteiger partial charge in [-0.3, -0.25) is 19.8 Å². The van der Waals surface area contributed by atoms with E-state index >= 15 is 0 Å². The van der Waals surface area contributed by atoms with Gasteiger partial charge in [-0.1, -0.05) is 36.4 Å². The van der Waals surface area contributed by atoms with Gasteiger partial charge in [-0.25, -0.2) is 0 Å². The highest BCUT2D eigenvalue weighted by molar-refractivity contribution is 5.79. The van der Waals surface area contributed by atoms with E-state index in [2.05, 4.69) is 38.2 Å². The topological polar surface area (TPSA) is 109 Å². The number of guanidine groups is 1. The zero-order valence-electron chi connectivity index (χ0n) is 16.8. The number of aromatic nitrogens is 2. The molecule has 0 fully saturated rings. The van der Waals surface area contributed by atoms with Crippen molar-refractivity contribution in [2.24, 2.45) is 4.99 Å². The summed E-state index contributed by atoms with van der Waals surface area (Å²) in [5.74, 6) is 0.660. The van der Waals surface area contributed by atoms with Crippen LogP contribution in [0.2, 0.25) is 0 Å². The van der Waals surface area contributed by atoms with E-state index in [0.29, 0.717) is 37.8 Å². The Kier molecular flexibility index (Phi) is 7.37. The summed E-state index contributed by atoms with van der Waals surface area (Å²) in [5, 5.41) is 24.9. The first-order valence-electron chi connectivity index (χ1n) is 9.63. The van der Waals surface area contributed by atoms with Crippen molar-refractivity contribution in [1.29, 1.82) is 0 Å². The summed E-state index contributed by atoms with van der Waals surface area (Å²) in [4.78, 5) is 14.9. The van der Waals surface area contributed by atoms with Crippen LogP contribution >= 0.6 is 0 Å². The average Bonchev–Trinajstić information content (AvgIpc) is 3.27. The van der Waals surface area contributed by atoms with Gasteiger partial charge in [-0.05, 0) is 23.3 Å². The van der Waals surface area contributed by atoms with Crippen molar-refractivity contribution in [3.05, 3.63) is 88.2 Å². The molecular formula is C21H25N7O2. The van der Waals surface area contributed by atoms with Crippen molar-refractivity contribution < 1.29 is 4.92 Å². The molecule has 0 atom stereocenters. The largest absolute Gasteiger partial charge is 0.378 e. The third-order valence-electron chi connectivity index (χ3n) is 4.51. The van der Waals surface area contributed by atoms with Gasteiger partial charge in [-0.15, -0.1) is 0 Å². The van der Waals surface area contributed by atoms with Crippen LogP contribution in [0, 0.1) is 10.1 Å². The Morgan fingerprint density at radius 3 is 2.57 bits per heavy atom. The molecule has 0 amide bonds. The predicted octanol–water partition coefficient (Wildman–Crippen LogP) is 2.62. The smallest absolute Gasteiger partial charge is 0.292 e. The standard InChI is InChI=1S/C21H25N7O2/c1-22-21(24-13-12-23-19-9-4-5-10-20(19)28(29)30)25-15-17-7-2-3-8-18(17)16-27-14-6-11-26-27/h2-11,14,23H,12-13,15-16H2,1H3,(H2,22,24,25). The van der Waals surface area contributed by atoms with Crippen molar-refractivity contribution >= 4 is 17.3 Å². The number of rotatable bonds is 9. The number of para-hydroxylation sites is 2. The van der Waals surface area contributed by atoms with Crippen LogP contribution in [0.3, 0.4) is 0 Å². The van der Waals surface area contributed by atoms with Crippen LogP contribution in [0.15, 0.2) is 72.0 Å². The number of nitro benzene ring substituents is 1. The van der Waals surface area contributed by atoms with Crippen LogP contribution in [0.1, 0.15) is 11.1 Å². The molecule has 0 saturated heterocycles. The zero-order chi connectivity index (χ0) is 21.2. The molecule has 0 aliphatic rings. The Bertz CT molecular complexity index is 987. The van der Waals surface area contributed by atoms with Gasteiger partial charge >= 0.3 is 0 Å². The summed E-state index contributed by atoms with van der Waals surface area (Å²) in [7, 11) is 1.71. The van der Waals surface area contributed by atoms with E-state index < -0.39 is 4.92 Å². The fourth-order valence-electron chi connectivity index (χ4n) is 3.01. The number of hydrogen-bond acceptors (Lipinski definition) is 5. The lowest BCUT2D eigenvalue weighted by Gasteiger charge is -2.15. The minimum atomic E-state index is -0.392. The Hall–Kier alpha value is -3.88. The average molecular weight is 407 g/mol. The van der Waals surface area contributed by atoms with Crippen LogP contribution in [0.5, 0.6) is 0 Å². The molecule has 3 aromatic rings. The fraction of sp³-hybridized carbons (Fsp3) is 0.238. The molecule has 0 aliphatic carbocycles. The van der Waals surface area contributed by atoms with Crippen molar-refractivity contribution in [2.45, 2.75) is 13.1 Å². The van der Waals surface area contributed by atoms with E-state index in [9.17, 15) is 10.1 Å². The van der Waals surface area contributed by atoms with Crippen molar-refractivity contribution in [2.75, 3.05) is 25.5 Å². The van der Waals surface area contributed by atoms with Crippen LogP contribution in [-0.2, 0) is 13.1 Å². The first-order valence-corrected chi connectivity index (χ1v) is 9.63. The Labute approximate surface area is 175 Å². The molecule has 0 saturated carbocycles.